The van der Waals surface area contributed by atoms with E-state index in [1.54, 1.807) is 13.0 Å². The molecular formula is C12H8Cl2F3N3O2. The number of alkyl halides is 3. The van der Waals surface area contributed by atoms with Gasteiger partial charge in [-0.15, -0.1) is 0 Å². The van der Waals surface area contributed by atoms with E-state index in [9.17, 15) is 18.0 Å². The van der Waals surface area contributed by atoms with E-state index in [-0.39, 0.29) is 5.75 Å². The number of amides is 1. The van der Waals surface area contributed by atoms with E-state index in [1.807, 2.05) is 5.48 Å². The van der Waals surface area contributed by atoms with E-state index in [1.165, 1.54) is 6.20 Å². The van der Waals surface area contributed by atoms with Crippen LogP contribution in [0.5, 0.6) is 5.75 Å². The minimum atomic E-state index is -4.60. The molecule has 0 aliphatic heterocycles. The van der Waals surface area contributed by atoms with E-state index in [4.69, 9.17) is 28.0 Å². The summed E-state index contributed by atoms with van der Waals surface area (Å²) in [5.41, 5.74) is 1.55. The monoisotopic (exact) mass is 353 g/mol. The molecule has 0 aliphatic rings. The molecule has 0 spiro atoms. The first-order valence-electron chi connectivity index (χ1n) is 5.74. The van der Waals surface area contributed by atoms with Crippen LogP contribution in [0.25, 0.3) is 0 Å². The fourth-order valence-corrected chi connectivity index (χ4v) is 2.05. The van der Waals surface area contributed by atoms with Crippen LogP contribution in [0.1, 0.15) is 11.3 Å². The van der Waals surface area contributed by atoms with Gasteiger partial charge in [-0.25, -0.2) is 4.79 Å². The van der Waals surface area contributed by atoms with Gasteiger partial charge in [-0.2, -0.15) is 28.4 Å². The maximum atomic E-state index is 12.6. The van der Waals surface area contributed by atoms with Gasteiger partial charge in [0.1, 0.15) is 0 Å². The van der Waals surface area contributed by atoms with Crippen LogP contribution in [-0.2, 0) is 6.18 Å². The SMILES string of the molecule is Cc1ccn(C(=O)NOc2c(Cl)cc(C(F)(F)F)cc2Cl)n1. The number of rotatable bonds is 2. The third-order valence-corrected chi connectivity index (χ3v) is 3.06. The number of carbonyl (C=O) groups is 1. The average Bonchev–Trinajstić information content (AvgIpc) is 2.83. The first-order valence-corrected chi connectivity index (χ1v) is 6.50. The zero-order valence-corrected chi connectivity index (χ0v) is 12.4. The summed E-state index contributed by atoms with van der Waals surface area (Å²) in [4.78, 5) is 16.5. The molecule has 2 aromatic rings. The van der Waals surface area contributed by atoms with Crippen LogP contribution in [0, 0.1) is 6.92 Å². The molecule has 118 valence electrons. The number of nitrogens with one attached hydrogen (secondary N) is 1. The molecule has 0 radical (unpaired) electrons. The Kier molecular flexibility index (Phi) is 4.52. The van der Waals surface area contributed by atoms with E-state index in [0.29, 0.717) is 17.8 Å². The van der Waals surface area contributed by atoms with Crippen molar-refractivity contribution in [2.24, 2.45) is 0 Å². The summed E-state index contributed by atoms with van der Waals surface area (Å²) in [5, 5.41) is 3.04. The molecule has 0 bridgehead atoms. The van der Waals surface area contributed by atoms with Crippen molar-refractivity contribution < 1.29 is 22.8 Å². The van der Waals surface area contributed by atoms with Gasteiger partial charge < -0.3 is 4.84 Å². The van der Waals surface area contributed by atoms with Crippen LogP contribution in [0.15, 0.2) is 24.4 Å². The number of halogens is 5. The lowest BCUT2D eigenvalue weighted by Gasteiger charge is -2.13. The number of hydrogen-bond donors (Lipinski definition) is 1. The molecule has 0 aliphatic carbocycles. The zero-order chi connectivity index (χ0) is 16.5. The molecule has 5 nitrogen and oxygen atoms in total. The van der Waals surface area contributed by atoms with E-state index >= 15 is 0 Å². The summed E-state index contributed by atoms with van der Waals surface area (Å²) < 4.78 is 38.7. The Morgan fingerprint density at radius 2 is 1.91 bits per heavy atom. The lowest BCUT2D eigenvalue weighted by atomic mass is 10.2. The predicted molar refractivity (Wildman–Crippen MR) is 73.0 cm³/mol. The molecule has 1 N–H and O–H groups in total. The van der Waals surface area contributed by atoms with Gasteiger partial charge >= 0.3 is 12.2 Å². The van der Waals surface area contributed by atoms with Gasteiger partial charge in [0.2, 0.25) is 0 Å². The second kappa shape index (κ2) is 6.05. The maximum Gasteiger partial charge on any atom is 0.416 e. The molecule has 0 fully saturated rings. The standard InChI is InChI=1S/C12H8Cl2F3N3O2/c1-6-2-3-20(18-6)11(21)19-22-10-8(13)4-7(5-9(10)14)12(15,16)17/h2-5H,1H3,(H,19,21). The maximum absolute atomic E-state index is 12.6. The molecule has 10 heteroatoms. The van der Waals surface area contributed by atoms with Crippen molar-refractivity contribution in [3.8, 4) is 5.75 Å². The summed E-state index contributed by atoms with van der Waals surface area (Å²) in [6, 6.07) is 2.11. The number of hydrogen-bond acceptors (Lipinski definition) is 3. The smallest absolute Gasteiger partial charge is 0.375 e. The highest BCUT2D eigenvalue weighted by Gasteiger charge is 2.32. The molecule has 1 aromatic heterocycles. The molecule has 1 aromatic carbocycles. The molecular weight excluding hydrogens is 346 g/mol. The van der Waals surface area contributed by atoms with E-state index in [2.05, 4.69) is 5.10 Å². The average molecular weight is 354 g/mol. The Morgan fingerprint density at radius 1 is 1.32 bits per heavy atom. The number of nitrogens with zero attached hydrogens (tertiary/aromatic N) is 2. The number of benzene rings is 1. The summed E-state index contributed by atoms with van der Waals surface area (Å²) in [7, 11) is 0. The molecule has 0 saturated heterocycles. The van der Waals surface area contributed by atoms with Crippen LogP contribution in [-0.4, -0.2) is 15.8 Å². The third kappa shape index (κ3) is 3.63. The second-order valence-electron chi connectivity index (χ2n) is 4.18. The first-order chi connectivity index (χ1) is 10.2. The van der Waals surface area contributed by atoms with Crippen molar-refractivity contribution in [1.82, 2.24) is 15.3 Å². The second-order valence-corrected chi connectivity index (χ2v) is 4.99. The lowest BCUT2D eigenvalue weighted by molar-refractivity contribution is -0.137. The number of aryl methyl sites for hydroxylation is 1. The minimum Gasteiger partial charge on any atom is -0.375 e. The first kappa shape index (κ1) is 16.4. The van der Waals surface area contributed by atoms with Crippen LogP contribution < -0.4 is 10.3 Å². The largest absolute Gasteiger partial charge is 0.416 e. The predicted octanol–water partition coefficient (Wildman–Crippen LogP) is 4.07. The van der Waals surface area contributed by atoms with Gasteiger partial charge in [0.05, 0.1) is 21.3 Å². The fourth-order valence-electron chi connectivity index (χ4n) is 1.49. The van der Waals surface area contributed by atoms with Gasteiger partial charge in [0.25, 0.3) is 0 Å². The van der Waals surface area contributed by atoms with Gasteiger partial charge in [0, 0.05) is 6.20 Å². The topological polar surface area (TPSA) is 56.2 Å². The zero-order valence-electron chi connectivity index (χ0n) is 10.9. The molecule has 1 heterocycles. The van der Waals surface area contributed by atoms with E-state index in [0.717, 1.165) is 4.68 Å². The Bertz CT molecular complexity index is 693. The highest BCUT2D eigenvalue weighted by atomic mass is 35.5. The summed E-state index contributed by atoms with van der Waals surface area (Å²) in [6.07, 6.45) is -3.22. The van der Waals surface area contributed by atoms with Gasteiger partial charge in [-0.05, 0) is 25.1 Å². The van der Waals surface area contributed by atoms with Crippen molar-refractivity contribution in [3.63, 3.8) is 0 Å². The fraction of sp³-hybridized carbons (Fsp3) is 0.167. The van der Waals surface area contributed by atoms with Gasteiger partial charge in [-0.1, -0.05) is 23.2 Å². The summed E-state index contributed by atoms with van der Waals surface area (Å²) in [6.45, 7) is 1.67. The number of aromatic nitrogens is 2. The van der Waals surface area contributed by atoms with Crippen LogP contribution in [0.3, 0.4) is 0 Å². The lowest BCUT2D eigenvalue weighted by Crippen LogP contribution is -2.32. The number of carbonyl (C=O) groups excluding carboxylic acids is 1. The molecule has 0 unspecified atom stereocenters. The highest BCUT2D eigenvalue weighted by Crippen LogP contribution is 2.39. The highest BCUT2D eigenvalue weighted by molar-refractivity contribution is 6.37. The van der Waals surface area contributed by atoms with E-state index < -0.39 is 27.8 Å². The van der Waals surface area contributed by atoms with Gasteiger partial charge in [-0.3, -0.25) is 0 Å². The molecule has 1 amide bonds. The Morgan fingerprint density at radius 3 is 2.36 bits per heavy atom. The van der Waals surface area contributed by atoms with Crippen molar-refractivity contribution >= 4 is 29.2 Å². The van der Waals surface area contributed by atoms with Gasteiger partial charge in [0.15, 0.2) is 5.75 Å². The van der Waals surface area contributed by atoms with Crippen LogP contribution >= 0.6 is 23.2 Å². The Hall–Kier alpha value is -1.93. The Labute approximate surface area is 132 Å². The van der Waals surface area contributed by atoms with Crippen LogP contribution in [0.2, 0.25) is 10.0 Å². The number of hydroxylamine groups is 1. The molecule has 0 atom stereocenters. The van der Waals surface area contributed by atoms with Crippen molar-refractivity contribution in [3.05, 3.63) is 45.7 Å². The minimum absolute atomic E-state index is 0.298. The third-order valence-electron chi connectivity index (χ3n) is 2.50. The Balaban J connectivity index is 2.15. The molecule has 2 rings (SSSR count). The quantitative estimate of drug-likeness (QED) is 0.828. The molecule has 0 saturated carbocycles. The summed E-state index contributed by atoms with van der Waals surface area (Å²) in [5.74, 6) is -0.298. The normalized spacial score (nSPS) is 11.4. The van der Waals surface area contributed by atoms with Crippen molar-refractivity contribution in [2.75, 3.05) is 0 Å². The van der Waals surface area contributed by atoms with Crippen molar-refractivity contribution in [2.45, 2.75) is 13.1 Å². The summed E-state index contributed by atoms with van der Waals surface area (Å²) >= 11 is 11.4. The molecule has 22 heavy (non-hydrogen) atoms. The van der Waals surface area contributed by atoms with Crippen molar-refractivity contribution in [1.29, 1.82) is 0 Å². The van der Waals surface area contributed by atoms with Crippen LogP contribution in [0.4, 0.5) is 18.0 Å².